The van der Waals surface area contributed by atoms with Gasteiger partial charge in [0.2, 0.25) is 0 Å². The fourth-order valence-electron chi connectivity index (χ4n) is 4.54. The predicted octanol–water partition coefficient (Wildman–Crippen LogP) is 5.16. The van der Waals surface area contributed by atoms with Crippen LogP contribution in [0, 0.1) is 5.92 Å². The highest BCUT2D eigenvalue weighted by Gasteiger charge is 2.18. The van der Waals surface area contributed by atoms with E-state index in [0.717, 1.165) is 68.7 Å². The molecule has 2 saturated heterocycles. The first kappa shape index (κ1) is 22.0. The molecule has 2 aromatic rings. The molecule has 1 unspecified atom stereocenters. The Balaban J connectivity index is 1.57. The summed E-state index contributed by atoms with van der Waals surface area (Å²) in [7, 11) is 3.34. The zero-order valence-corrected chi connectivity index (χ0v) is 18.9. The number of ether oxygens (including phenoxy) is 4. The van der Waals surface area contributed by atoms with Crippen LogP contribution < -0.4 is 14.2 Å². The Morgan fingerprint density at radius 2 is 1.61 bits per heavy atom. The highest BCUT2D eigenvalue weighted by Crippen LogP contribution is 2.35. The number of benzene rings is 2. The van der Waals surface area contributed by atoms with Gasteiger partial charge < -0.3 is 18.9 Å². The number of likely N-dealkylation sites (tertiary alicyclic amines) is 1. The van der Waals surface area contributed by atoms with Crippen LogP contribution in [0.2, 0.25) is 0 Å². The maximum absolute atomic E-state index is 6.34. The van der Waals surface area contributed by atoms with Gasteiger partial charge in [-0.3, -0.25) is 4.90 Å². The summed E-state index contributed by atoms with van der Waals surface area (Å²) in [4.78, 5) is 2.55. The van der Waals surface area contributed by atoms with Gasteiger partial charge in [0.05, 0.1) is 27.4 Å². The second-order valence-electron chi connectivity index (χ2n) is 8.62. The van der Waals surface area contributed by atoms with Gasteiger partial charge in [-0.2, -0.15) is 0 Å². The minimum atomic E-state index is 0.488. The van der Waals surface area contributed by atoms with E-state index in [9.17, 15) is 0 Å². The average Bonchev–Trinajstić information content (AvgIpc) is 2.84. The van der Waals surface area contributed by atoms with Crippen molar-refractivity contribution < 1.29 is 18.9 Å². The van der Waals surface area contributed by atoms with Crippen molar-refractivity contribution in [2.75, 3.05) is 47.1 Å². The topological polar surface area (TPSA) is 40.2 Å². The average molecular weight is 426 g/mol. The summed E-state index contributed by atoms with van der Waals surface area (Å²) in [5.41, 5.74) is 3.54. The highest BCUT2D eigenvalue weighted by molar-refractivity contribution is 5.69. The molecule has 2 heterocycles. The van der Waals surface area contributed by atoms with Crippen LogP contribution in [0.5, 0.6) is 17.2 Å². The van der Waals surface area contributed by atoms with Crippen molar-refractivity contribution in [3.63, 3.8) is 0 Å². The van der Waals surface area contributed by atoms with Gasteiger partial charge in [-0.15, -0.1) is 0 Å². The third-order valence-corrected chi connectivity index (χ3v) is 6.35. The minimum absolute atomic E-state index is 0.488. The summed E-state index contributed by atoms with van der Waals surface area (Å²) < 4.78 is 22.9. The van der Waals surface area contributed by atoms with E-state index in [1.807, 2.05) is 12.1 Å². The summed E-state index contributed by atoms with van der Waals surface area (Å²) in [6, 6.07) is 12.6. The van der Waals surface area contributed by atoms with Crippen LogP contribution in [0.3, 0.4) is 0 Å². The lowest BCUT2D eigenvalue weighted by Crippen LogP contribution is -2.29. The number of hydrogen-bond acceptors (Lipinski definition) is 5. The van der Waals surface area contributed by atoms with E-state index < -0.39 is 0 Å². The molecule has 0 aromatic heterocycles. The number of methoxy groups -OCH3 is 2. The molecule has 1 atom stereocenters. The van der Waals surface area contributed by atoms with Crippen molar-refractivity contribution in [1.29, 1.82) is 0 Å². The van der Waals surface area contributed by atoms with Gasteiger partial charge in [0.25, 0.3) is 0 Å². The Hall–Kier alpha value is -2.24. The highest BCUT2D eigenvalue weighted by atomic mass is 16.5. The Labute approximate surface area is 186 Å². The standard InChI is InChI=1S/C26H35NO4/c1-28-25-11-9-22(16-26(25)29-2)21-8-10-24(31-19-20-7-6-14-30-18-20)23(15-21)17-27-12-4-3-5-13-27/h8-11,15-16,20H,3-7,12-14,17-19H2,1-2H3. The van der Waals surface area contributed by atoms with Crippen molar-refractivity contribution in [1.82, 2.24) is 4.90 Å². The number of nitrogens with zero attached hydrogens (tertiary/aromatic N) is 1. The van der Waals surface area contributed by atoms with Gasteiger partial charge in [-0.05, 0) is 74.2 Å². The summed E-state index contributed by atoms with van der Waals surface area (Å²) in [6.45, 7) is 5.68. The summed E-state index contributed by atoms with van der Waals surface area (Å²) in [5, 5.41) is 0. The van der Waals surface area contributed by atoms with Gasteiger partial charge in [0.1, 0.15) is 5.75 Å². The zero-order chi connectivity index (χ0) is 21.5. The van der Waals surface area contributed by atoms with Gasteiger partial charge in [0, 0.05) is 24.6 Å². The maximum Gasteiger partial charge on any atom is 0.161 e. The van der Waals surface area contributed by atoms with Gasteiger partial charge >= 0.3 is 0 Å². The SMILES string of the molecule is COc1ccc(-c2ccc(OCC3CCCOC3)c(CN3CCCCC3)c2)cc1OC. The molecule has 0 spiro atoms. The summed E-state index contributed by atoms with van der Waals surface area (Å²) >= 11 is 0. The van der Waals surface area contributed by atoms with Crippen LogP contribution in [-0.4, -0.2) is 52.0 Å². The van der Waals surface area contributed by atoms with Gasteiger partial charge in [-0.25, -0.2) is 0 Å². The van der Waals surface area contributed by atoms with E-state index in [4.69, 9.17) is 18.9 Å². The Kier molecular flexibility index (Phi) is 7.71. The van der Waals surface area contributed by atoms with E-state index >= 15 is 0 Å². The normalized spacial score (nSPS) is 19.7. The molecule has 0 aliphatic carbocycles. The fraction of sp³-hybridized carbons (Fsp3) is 0.538. The largest absolute Gasteiger partial charge is 0.493 e. The van der Waals surface area contributed by atoms with Crippen molar-refractivity contribution >= 4 is 0 Å². The van der Waals surface area contributed by atoms with Crippen LogP contribution >= 0.6 is 0 Å². The quantitative estimate of drug-likeness (QED) is 0.584. The number of hydrogen-bond donors (Lipinski definition) is 0. The van der Waals surface area contributed by atoms with E-state index in [-0.39, 0.29) is 0 Å². The summed E-state index contributed by atoms with van der Waals surface area (Å²) in [6.07, 6.45) is 6.22. The monoisotopic (exact) mass is 425 g/mol. The minimum Gasteiger partial charge on any atom is -0.493 e. The molecule has 4 rings (SSSR count). The van der Waals surface area contributed by atoms with Crippen molar-refractivity contribution in [2.24, 2.45) is 5.92 Å². The van der Waals surface area contributed by atoms with Crippen molar-refractivity contribution in [3.05, 3.63) is 42.0 Å². The summed E-state index contributed by atoms with van der Waals surface area (Å²) in [5.74, 6) is 2.98. The van der Waals surface area contributed by atoms with Gasteiger partial charge in [-0.1, -0.05) is 18.6 Å². The van der Waals surface area contributed by atoms with Crippen LogP contribution in [0.15, 0.2) is 36.4 Å². The molecule has 0 saturated carbocycles. The smallest absolute Gasteiger partial charge is 0.161 e. The Morgan fingerprint density at radius 1 is 0.871 bits per heavy atom. The fourth-order valence-corrected chi connectivity index (χ4v) is 4.54. The maximum atomic E-state index is 6.34. The first-order chi connectivity index (χ1) is 15.3. The van der Waals surface area contributed by atoms with E-state index in [2.05, 4.69) is 29.2 Å². The Morgan fingerprint density at radius 3 is 2.32 bits per heavy atom. The molecule has 2 fully saturated rings. The molecular weight excluding hydrogens is 390 g/mol. The molecule has 2 aromatic carbocycles. The molecule has 5 nitrogen and oxygen atoms in total. The molecular formula is C26H35NO4. The third kappa shape index (κ3) is 5.72. The molecule has 0 radical (unpaired) electrons. The molecule has 2 aliphatic heterocycles. The third-order valence-electron chi connectivity index (χ3n) is 6.35. The number of rotatable bonds is 8. The lowest BCUT2D eigenvalue weighted by atomic mass is 10.0. The molecule has 0 amide bonds. The second kappa shape index (κ2) is 10.9. The van der Waals surface area contributed by atoms with E-state index in [1.165, 1.54) is 36.8 Å². The molecule has 168 valence electrons. The van der Waals surface area contributed by atoms with Crippen LogP contribution in [0.4, 0.5) is 0 Å². The Bertz CT molecular complexity index is 841. The predicted molar refractivity (Wildman–Crippen MR) is 123 cm³/mol. The lowest BCUT2D eigenvalue weighted by molar-refractivity contribution is 0.0349. The van der Waals surface area contributed by atoms with Crippen LogP contribution in [0.1, 0.15) is 37.7 Å². The molecule has 2 aliphatic rings. The first-order valence-corrected chi connectivity index (χ1v) is 11.5. The van der Waals surface area contributed by atoms with E-state index in [1.54, 1.807) is 14.2 Å². The van der Waals surface area contributed by atoms with Crippen molar-refractivity contribution in [2.45, 2.75) is 38.6 Å². The first-order valence-electron chi connectivity index (χ1n) is 11.5. The second-order valence-corrected chi connectivity index (χ2v) is 8.62. The zero-order valence-electron chi connectivity index (χ0n) is 18.9. The lowest BCUT2D eigenvalue weighted by Gasteiger charge is -2.28. The number of piperidine rings is 1. The molecule has 0 bridgehead atoms. The van der Waals surface area contributed by atoms with Crippen LogP contribution in [0.25, 0.3) is 11.1 Å². The van der Waals surface area contributed by atoms with Crippen LogP contribution in [-0.2, 0) is 11.3 Å². The molecule has 5 heteroatoms. The van der Waals surface area contributed by atoms with E-state index in [0.29, 0.717) is 5.92 Å². The molecule has 0 N–H and O–H groups in total. The molecule has 31 heavy (non-hydrogen) atoms. The van der Waals surface area contributed by atoms with Crippen molar-refractivity contribution in [3.8, 4) is 28.4 Å². The van der Waals surface area contributed by atoms with Gasteiger partial charge in [0.15, 0.2) is 11.5 Å².